The number of amides is 1. The van der Waals surface area contributed by atoms with Crippen molar-refractivity contribution in [2.75, 3.05) is 19.6 Å². The maximum absolute atomic E-state index is 12.0. The number of hydrogen-bond donors (Lipinski definition) is 2. The van der Waals surface area contributed by atoms with Crippen LogP contribution in [0.4, 0.5) is 0 Å². The molecule has 118 valence electrons. The molecule has 1 amide bonds. The van der Waals surface area contributed by atoms with E-state index in [1.54, 1.807) is 4.90 Å². The Morgan fingerprint density at radius 3 is 2.86 bits per heavy atom. The number of piperidine rings is 1. The number of nitrogens with one attached hydrogen (secondary N) is 1. The molecule has 0 bridgehead atoms. The Labute approximate surface area is 126 Å². The van der Waals surface area contributed by atoms with Crippen LogP contribution in [0.2, 0.25) is 0 Å². The van der Waals surface area contributed by atoms with Gasteiger partial charge in [0.1, 0.15) is 6.04 Å². The third-order valence-corrected chi connectivity index (χ3v) is 4.40. The zero-order valence-electron chi connectivity index (χ0n) is 12.6. The van der Waals surface area contributed by atoms with E-state index in [0.717, 1.165) is 32.1 Å². The lowest BCUT2D eigenvalue weighted by Crippen LogP contribution is -2.49. The van der Waals surface area contributed by atoms with Crippen molar-refractivity contribution in [3.05, 3.63) is 11.6 Å². The standard InChI is InChI=1S/C16H26N2O3/c19-15(17-10-9-13-6-2-1-3-7-13)12-18-11-5-4-8-14(18)16(20)21/h6,14H,1-5,7-12H2,(H,17,19)(H,20,21). The second-order valence-electron chi connectivity index (χ2n) is 6.03. The first-order valence-electron chi connectivity index (χ1n) is 8.08. The number of carboxylic acids is 1. The summed E-state index contributed by atoms with van der Waals surface area (Å²) in [5, 5.41) is 12.1. The highest BCUT2D eigenvalue weighted by atomic mass is 16.4. The minimum absolute atomic E-state index is 0.0560. The number of hydrogen-bond acceptors (Lipinski definition) is 3. The number of nitrogens with zero attached hydrogens (tertiary/aromatic N) is 1. The Hall–Kier alpha value is -1.36. The van der Waals surface area contributed by atoms with E-state index in [4.69, 9.17) is 0 Å². The molecule has 1 unspecified atom stereocenters. The summed E-state index contributed by atoms with van der Waals surface area (Å²) >= 11 is 0. The second-order valence-corrected chi connectivity index (χ2v) is 6.03. The molecule has 1 saturated heterocycles. The van der Waals surface area contributed by atoms with Gasteiger partial charge in [0.05, 0.1) is 6.54 Å². The van der Waals surface area contributed by atoms with Gasteiger partial charge in [0.15, 0.2) is 0 Å². The zero-order chi connectivity index (χ0) is 15.1. The summed E-state index contributed by atoms with van der Waals surface area (Å²) in [6, 6.07) is -0.495. The van der Waals surface area contributed by atoms with Gasteiger partial charge in [-0.3, -0.25) is 14.5 Å². The van der Waals surface area contributed by atoms with Gasteiger partial charge in [0.25, 0.3) is 0 Å². The van der Waals surface area contributed by atoms with Crippen LogP contribution in [0.5, 0.6) is 0 Å². The van der Waals surface area contributed by atoms with Crippen LogP contribution in [-0.2, 0) is 9.59 Å². The van der Waals surface area contributed by atoms with Gasteiger partial charge >= 0.3 is 5.97 Å². The summed E-state index contributed by atoms with van der Waals surface area (Å²) in [7, 11) is 0. The number of carbonyl (C=O) groups is 2. The van der Waals surface area contributed by atoms with Crippen LogP contribution < -0.4 is 5.32 Å². The van der Waals surface area contributed by atoms with Crippen molar-refractivity contribution in [2.24, 2.45) is 0 Å². The fourth-order valence-electron chi connectivity index (χ4n) is 3.19. The highest BCUT2D eigenvalue weighted by molar-refractivity contribution is 5.80. The number of carbonyl (C=O) groups excluding carboxylic acids is 1. The zero-order valence-corrected chi connectivity index (χ0v) is 12.6. The monoisotopic (exact) mass is 294 g/mol. The first kappa shape index (κ1) is 16.0. The fraction of sp³-hybridized carbons (Fsp3) is 0.750. The number of allylic oxidation sites excluding steroid dienone is 1. The van der Waals surface area contributed by atoms with E-state index >= 15 is 0 Å². The quantitative estimate of drug-likeness (QED) is 0.734. The molecule has 0 aromatic rings. The number of rotatable bonds is 6. The van der Waals surface area contributed by atoms with Crippen molar-refractivity contribution in [1.82, 2.24) is 10.2 Å². The normalized spacial score (nSPS) is 23.4. The van der Waals surface area contributed by atoms with E-state index < -0.39 is 12.0 Å². The van der Waals surface area contributed by atoms with Crippen LogP contribution in [0, 0.1) is 0 Å². The Morgan fingerprint density at radius 2 is 2.14 bits per heavy atom. The Balaban J connectivity index is 1.70. The van der Waals surface area contributed by atoms with Crippen LogP contribution in [0.3, 0.4) is 0 Å². The van der Waals surface area contributed by atoms with E-state index in [0.29, 0.717) is 19.5 Å². The maximum atomic E-state index is 12.0. The van der Waals surface area contributed by atoms with E-state index in [9.17, 15) is 14.7 Å². The molecule has 0 radical (unpaired) electrons. The molecule has 5 heteroatoms. The maximum Gasteiger partial charge on any atom is 0.320 e. The highest BCUT2D eigenvalue weighted by Gasteiger charge is 2.29. The third kappa shape index (κ3) is 5.16. The van der Waals surface area contributed by atoms with Crippen molar-refractivity contribution < 1.29 is 14.7 Å². The van der Waals surface area contributed by atoms with Crippen LogP contribution >= 0.6 is 0 Å². The minimum Gasteiger partial charge on any atom is -0.480 e. The van der Waals surface area contributed by atoms with Crippen LogP contribution in [0.1, 0.15) is 51.4 Å². The SMILES string of the molecule is O=C(CN1CCCCC1C(=O)O)NCCC1=CCCCC1. The largest absolute Gasteiger partial charge is 0.480 e. The van der Waals surface area contributed by atoms with Crippen LogP contribution in [0.15, 0.2) is 11.6 Å². The van der Waals surface area contributed by atoms with Gasteiger partial charge in [-0.1, -0.05) is 18.1 Å². The van der Waals surface area contributed by atoms with Crippen LogP contribution in [-0.4, -0.2) is 47.6 Å². The second kappa shape index (κ2) is 8.17. The number of aliphatic carboxylic acids is 1. The molecule has 1 fully saturated rings. The van der Waals surface area contributed by atoms with Crippen molar-refractivity contribution >= 4 is 11.9 Å². The summed E-state index contributed by atoms with van der Waals surface area (Å²) < 4.78 is 0. The Kier molecular flexibility index (Phi) is 6.23. The lowest BCUT2D eigenvalue weighted by molar-refractivity contribution is -0.145. The molecule has 1 aliphatic heterocycles. The van der Waals surface area contributed by atoms with Gasteiger partial charge in [-0.05, 0) is 51.5 Å². The molecule has 1 atom stereocenters. The highest BCUT2D eigenvalue weighted by Crippen LogP contribution is 2.19. The molecule has 0 aromatic heterocycles. The van der Waals surface area contributed by atoms with Crippen molar-refractivity contribution in [2.45, 2.75) is 57.4 Å². The van der Waals surface area contributed by atoms with E-state index in [2.05, 4.69) is 11.4 Å². The predicted molar refractivity (Wildman–Crippen MR) is 81.0 cm³/mol. The molecule has 2 aliphatic rings. The minimum atomic E-state index is -0.810. The molecule has 2 N–H and O–H groups in total. The van der Waals surface area contributed by atoms with Crippen molar-refractivity contribution in [3.8, 4) is 0 Å². The lowest BCUT2D eigenvalue weighted by atomic mass is 9.97. The topological polar surface area (TPSA) is 69.6 Å². The Bertz CT molecular complexity index is 406. The summed E-state index contributed by atoms with van der Waals surface area (Å²) in [5.41, 5.74) is 1.45. The molecule has 2 rings (SSSR count). The van der Waals surface area contributed by atoms with Gasteiger partial charge in [0.2, 0.25) is 5.91 Å². The average Bonchev–Trinajstić information content (AvgIpc) is 2.48. The third-order valence-electron chi connectivity index (χ3n) is 4.40. The molecule has 1 heterocycles. The molecular formula is C16H26N2O3. The summed E-state index contributed by atoms with van der Waals surface area (Å²) in [6.07, 6.45) is 10.6. The molecule has 0 aromatic carbocycles. The van der Waals surface area contributed by atoms with Gasteiger partial charge in [0, 0.05) is 6.54 Å². The molecule has 21 heavy (non-hydrogen) atoms. The summed E-state index contributed by atoms with van der Waals surface area (Å²) in [6.45, 7) is 1.57. The molecule has 0 saturated carbocycles. The molecule has 5 nitrogen and oxygen atoms in total. The van der Waals surface area contributed by atoms with Gasteiger partial charge in [-0.25, -0.2) is 0 Å². The molecular weight excluding hydrogens is 268 g/mol. The first-order chi connectivity index (χ1) is 10.2. The van der Waals surface area contributed by atoms with Crippen molar-refractivity contribution in [1.29, 1.82) is 0 Å². The molecule has 1 aliphatic carbocycles. The van der Waals surface area contributed by atoms with Gasteiger partial charge < -0.3 is 10.4 Å². The fourth-order valence-corrected chi connectivity index (χ4v) is 3.19. The number of carboxylic acid groups (broad SMARTS) is 1. The number of likely N-dealkylation sites (tertiary alicyclic amines) is 1. The van der Waals surface area contributed by atoms with E-state index in [-0.39, 0.29) is 12.5 Å². The average molecular weight is 294 g/mol. The summed E-state index contributed by atoms with van der Waals surface area (Å²) in [5.74, 6) is -0.866. The van der Waals surface area contributed by atoms with E-state index in [1.165, 1.54) is 18.4 Å². The lowest BCUT2D eigenvalue weighted by Gasteiger charge is -2.32. The van der Waals surface area contributed by atoms with Crippen molar-refractivity contribution in [3.63, 3.8) is 0 Å². The first-order valence-corrected chi connectivity index (χ1v) is 8.08. The predicted octanol–water partition coefficient (Wildman–Crippen LogP) is 1.93. The van der Waals surface area contributed by atoms with Crippen LogP contribution in [0.25, 0.3) is 0 Å². The van der Waals surface area contributed by atoms with E-state index in [1.807, 2.05) is 0 Å². The summed E-state index contributed by atoms with van der Waals surface area (Å²) in [4.78, 5) is 24.9. The van der Waals surface area contributed by atoms with Gasteiger partial charge in [-0.15, -0.1) is 0 Å². The molecule has 0 spiro atoms. The smallest absolute Gasteiger partial charge is 0.320 e. The Morgan fingerprint density at radius 1 is 1.29 bits per heavy atom. The van der Waals surface area contributed by atoms with Gasteiger partial charge in [-0.2, -0.15) is 0 Å².